The molecule has 0 aliphatic rings. The second-order valence-electron chi connectivity index (χ2n) is 4.50. The average molecular weight is 263 g/mol. The molecule has 0 fully saturated rings. The summed E-state index contributed by atoms with van der Waals surface area (Å²) in [6.45, 7) is 8.69. The Kier molecular flexibility index (Phi) is 7.09. The zero-order chi connectivity index (χ0) is 14.1. The van der Waals surface area contributed by atoms with E-state index in [9.17, 15) is 4.39 Å². The molecule has 3 nitrogen and oxygen atoms in total. The quantitative estimate of drug-likeness (QED) is 0.733. The molecule has 1 aromatic carbocycles. The van der Waals surface area contributed by atoms with Gasteiger partial charge in [0.25, 0.3) is 0 Å². The van der Waals surface area contributed by atoms with Crippen molar-refractivity contribution in [1.29, 1.82) is 5.26 Å². The van der Waals surface area contributed by atoms with Gasteiger partial charge in [0.15, 0.2) is 0 Å². The fourth-order valence-electron chi connectivity index (χ4n) is 2.01. The smallest absolute Gasteiger partial charge is 0.145 e. The maximum Gasteiger partial charge on any atom is 0.145 e. The molecule has 0 heterocycles. The van der Waals surface area contributed by atoms with Crippen LogP contribution in [0.3, 0.4) is 0 Å². The van der Waals surface area contributed by atoms with Crippen molar-refractivity contribution in [2.45, 2.75) is 26.8 Å². The second kappa shape index (κ2) is 8.63. The van der Waals surface area contributed by atoms with Gasteiger partial charge in [-0.25, -0.2) is 4.39 Å². The van der Waals surface area contributed by atoms with Crippen LogP contribution in [0.4, 0.5) is 4.39 Å². The molecule has 1 rings (SSSR count). The van der Waals surface area contributed by atoms with Crippen LogP contribution in [0.15, 0.2) is 18.2 Å². The average Bonchev–Trinajstić information content (AvgIpc) is 2.43. The SMILES string of the molecule is CCCN(CC)CCNCc1cccc(C#N)c1F. The number of halogens is 1. The summed E-state index contributed by atoms with van der Waals surface area (Å²) in [4.78, 5) is 2.36. The lowest BCUT2D eigenvalue weighted by Gasteiger charge is -2.19. The minimum atomic E-state index is -0.404. The van der Waals surface area contributed by atoms with Gasteiger partial charge in [0, 0.05) is 25.2 Å². The van der Waals surface area contributed by atoms with Gasteiger partial charge >= 0.3 is 0 Å². The van der Waals surface area contributed by atoms with Crippen LogP contribution in [0.2, 0.25) is 0 Å². The van der Waals surface area contributed by atoms with Gasteiger partial charge in [-0.3, -0.25) is 0 Å². The maximum atomic E-state index is 13.8. The largest absolute Gasteiger partial charge is 0.311 e. The van der Waals surface area contributed by atoms with Gasteiger partial charge in [-0.05, 0) is 25.6 Å². The van der Waals surface area contributed by atoms with E-state index in [1.165, 1.54) is 6.07 Å². The van der Waals surface area contributed by atoms with E-state index in [1.807, 2.05) is 6.07 Å². The van der Waals surface area contributed by atoms with E-state index in [2.05, 4.69) is 24.1 Å². The molecule has 0 bridgehead atoms. The first-order chi connectivity index (χ1) is 9.22. The number of rotatable bonds is 8. The summed E-state index contributed by atoms with van der Waals surface area (Å²) in [5, 5.41) is 12.0. The van der Waals surface area contributed by atoms with Crippen molar-refractivity contribution in [2.75, 3.05) is 26.2 Å². The molecular formula is C15H22FN3. The summed E-state index contributed by atoms with van der Waals surface area (Å²) in [5.74, 6) is -0.404. The third kappa shape index (κ3) is 4.98. The van der Waals surface area contributed by atoms with Crippen LogP contribution in [-0.2, 0) is 6.54 Å². The molecule has 1 N–H and O–H groups in total. The van der Waals surface area contributed by atoms with E-state index in [0.717, 1.165) is 32.6 Å². The Morgan fingerprint density at radius 1 is 1.32 bits per heavy atom. The van der Waals surface area contributed by atoms with Gasteiger partial charge < -0.3 is 10.2 Å². The van der Waals surface area contributed by atoms with Crippen molar-refractivity contribution in [1.82, 2.24) is 10.2 Å². The van der Waals surface area contributed by atoms with E-state index in [-0.39, 0.29) is 5.56 Å². The number of hydrogen-bond acceptors (Lipinski definition) is 3. The van der Waals surface area contributed by atoms with Crippen LogP contribution < -0.4 is 5.32 Å². The van der Waals surface area contributed by atoms with Crippen molar-refractivity contribution in [3.05, 3.63) is 35.1 Å². The number of nitrogens with zero attached hydrogens (tertiary/aromatic N) is 2. The molecule has 1 aromatic rings. The minimum Gasteiger partial charge on any atom is -0.311 e. The van der Waals surface area contributed by atoms with Gasteiger partial charge in [0.1, 0.15) is 11.9 Å². The lowest BCUT2D eigenvalue weighted by Crippen LogP contribution is -2.32. The van der Waals surface area contributed by atoms with Crippen LogP contribution in [0.25, 0.3) is 0 Å². The van der Waals surface area contributed by atoms with E-state index >= 15 is 0 Å². The van der Waals surface area contributed by atoms with Gasteiger partial charge in [0.2, 0.25) is 0 Å². The van der Waals surface area contributed by atoms with E-state index in [0.29, 0.717) is 12.1 Å². The maximum absolute atomic E-state index is 13.8. The standard InChI is InChI=1S/C15H22FN3/c1-3-9-19(4-2)10-8-18-12-14-7-5-6-13(11-17)15(14)16/h5-7,18H,3-4,8-10,12H2,1-2H3. The lowest BCUT2D eigenvalue weighted by molar-refractivity contribution is 0.287. The molecule has 0 radical (unpaired) electrons. The van der Waals surface area contributed by atoms with E-state index < -0.39 is 5.82 Å². The van der Waals surface area contributed by atoms with Crippen LogP contribution >= 0.6 is 0 Å². The first-order valence-corrected chi connectivity index (χ1v) is 6.83. The van der Waals surface area contributed by atoms with Crippen LogP contribution in [0.5, 0.6) is 0 Å². The monoisotopic (exact) mass is 263 g/mol. The molecular weight excluding hydrogens is 241 g/mol. The molecule has 0 saturated heterocycles. The summed E-state index contributed by atoms with van der Waals surface area (Å²) < 4.78 is 13.8. The highest BCUT2D eigenvalue weighted by Gasteiger charge is 2.07. The lowest BCUT2D eigenvalue weighted by atomic mass is 10.1. The summed E-state index contributed by atoms with van der Waals surface area (Å²) in [6.07, 6.45) is 1.15. The van der Waals surface area contributed by atoms with Gasteiger partial charge in [0.05, 0.1) is 5.56 Å². The number of benzene rings is 1. The van der Waals surface area contributed by atoms with Gasteiger partial charge in [-0.2, -0.15) is 5.26 Å². The zero-order valence-corrected chi connectivity index (χ0v) is 11.7. The Balaban J connectivity index is 2.40. The third-order valence-corrected chi connectivity index (χ3v) is 3.11. The first-order valence-electron chi connectivity index (χ1n) is 6.83. The third-order valence-electron chi connectivity index (χ3n) is 3.11. The zero-order valence-electron chi connectivity index (χ0n) is 11.7. The van der Waals surface area contributed by atoms with Crippen molar-refractivity contribution >= 4 is 0 Å². The Morgan fingerprint density at radius 2 is 2.11 bits per heavy atom. The number of nitrogens with one attached hydrogen (secondary N) is 1. The summed E-state index contributed by atoms with van der Waals surface area (Å²) in [7, 11) is 0. The first kappa shape index (κ1) is 15.6. The molecule has 0 spiro atoms. The van der Waals surface area contributed by atoms with Crippen molar-refractivity contribution in [3.8, 4) is 6.07 Å². The Labute approximate surface area is 115 Å². The van der Waals surface area contributed by atoms with Crippen molar-refractivity contribution in [3.63, 3.8) is 0 Å². The molecule has 0 saturated carbocycles. The minimum absolute atomic E-state index is 0.112. The molecule has 0 aliphatic heterocycles. The van der Waals surface area contributed by atoms with Gasteiger partial charge in [-0.15, -0.1) is 0 Å². The molecule has 0 atom stereocenters. The molecule has 19 heavy (non-hydrogen) atoms. The summed E-state index contributed by atoms with van der Waals surface area (Å²) in [6, 6.07) is 6.79. The second-order valence-corrected chi connectivity index (χ2v) is 4.50. The summed E-state index contributed by atoms with van der Waals surface area (Å²) >= 11 is 0. The highest BCUT2D eigenvalue weighted by atomic mass is 19.1. The predicted molar refractivity (Wildman–Crippen MR) is 75.2 cm³/mol. The molecule has 0 amide bonds. The normalized spacial score (nSPS) is 10.7. The van der Waals surface area contributed by atoms with Crippen molar-refractivity contribution < 1.29 is 4.39 Å². The molecule has 0 aromatic heterocycles. The van der Waals surface area contributed by atoms with E-state index in [1.54, 1.807) is 12.1 Å². The highest BCUT2D eigenvalue weighted by molar-refractivity contribution is 5.34. The molecule has 0 aliphatic carbocycles. The topological polar surface area (TPSA) is 39.1 Å². The predicted octanol–water partition coefficient (Wildman–Crippen LogP) is 2.52. The van der Waals surface area contributed by atoms with Crippen LogP contribution in [0.1, 0.15) is 31.4 Å². The molecule has 4 heteroatoms. The Hall–Kier alpha value is -1.44. The Bertz CT molecular complexity index is 426. The number of hydrogen-bond donors (Lipinski definition) is 1. The Morgan fingerprint density at radius 3 is 2.74 bits per heavy atom. The van der Waals surface area contributed by atoms with E-state index in [4.69, 9.17) is 5.26 Å². The fraction of sp³-hybridized carbons (Fsp3) is 0.533. The van der Waals surface area contributed by atoms with Gasteiger partial charge in [-0.1, -0.05) is 26.0 Å². The fourth-order valence-corrected chi connectivity index (χ4v) is 2.01. The summed E-state index contributed by atoms with van der Waals surface area (Å²) in [5.41, 5.74) is 0.665. The van der Waals surface area contributed by atoms with Crippen LogP contribution in [-0.4, -0.2) is 31.1 Å². The molecule has 0 unspecified atom stereocenters. The number of nitriles is 1. The van der Waals surface area contributed by atoms with Crippen LogP contribution in [0, 0.1) is 17.1 Å². The number of likely N-dealkylation sites (N-methyl/N-ethyl adjacent to an activating group) is 1. The van der Waals surface area contributed by atoms with Crippen molar-refractivity contribution in [2.24, 2.45) is 0 Å². The highest BCUT2D eigenvalue weighted by Crippen LogP contribution is 2.11. The molecule has 104 valence electrons.